The van der Waals surface area contributed by atoms with E-state index in [0.717, 1.165) is 0 Å². The molecule has 0 amide bonds. The molecular weight excluding hydrogens is 257 g/mol. The first-order chi connectivity index (χ1) is 9.69. The highest BCUT2D eigenvalue weighted by Crippen LogP contribution is 2.27. The van der Waals surface area contributed by atoms with Gasteiger partial charge in [0.1, 0.15) is 23.3 Å². The highest BCUT2D eigenvalue weighted by atomic mass is 19.1. The molecule has 2 aromatic rings. The average molecular weight is 275 g/mol. The molecule has 5 nitrogen and oxygen atoms in total. The summed E-state index contributed by atoms with van der Waals surface area (Å²) in [6.45, 7) is 4.49. The van der Waals surface area contributed by atoms with Gasteiger partial charge >= 0.3 is 0 Å². The van der Waals surface area contributed by atoms with E-state index in [1.165, 1.54) is 6.07 Å². The maximum Gasteiger partial charge on any atom is 0.146 e. The fourth-order valence-corrected chi connectivity index (χ4v) is 1.98. The van der Waals surface area contributed by atoms with Crippen LogP contribution in [-0.2, 0) is 6.42 Å². The first-order valence-corrected chi connectivity index (χ1v) is 6.56. The first-order valence-electron chi connectivity index (χ1n) is 6.56. The van der Waals surface area contributed by atoms with Crippen molar-refractivity contribution in [3.63, 3.8) is 0 Å². The van der Waals surface area contributed by atoms with Crippen molar-refractivity contribution in [3.05, 3.63) is 42.0 Å². The molecule has 3 N–H and O–H groups in total. The van der Waals surface area contributed by atoms with Gasteiger partial charge in [-0.05, 0) is 19.1 Å². The lowest BCUT2D eigenvalue weighted by Gasteiger charge is -2.23. The number of nitrogen functional groups attached to an aromatic ring is 1. The van der Waals surface area contributed by atoms with Crippen molar-refractivity contribution < 1.29 is 4.39 Å². The summed E-state index contributed by atoms with van der Waals surface area (Å²) >= 11 is 0. The Kier molecular flexibility index (Phi) is 4.47. The number of aryl methyl sites for hydroxylation is 1. The molecule has 0 fully saturated rings. The third kappa shape index (κ3) is 2.85. The molecule has 20 heavy (non-hydrogen) atoms. The lowest BCUT2D eigenvalue weighted by atomic mass is 10.2. The first kappa shape index (κ1) is 14.2. The Hall–Kier alpha value is -2.21. The Morgan fingerprint density at radius 3 is 2.60 bits per heavy atom. The van der Waals surface area contributed by atoms with E-state index in [-0.39, 0.29) is 5.82 Å². The van der Waals surface area contributed by atoms with Gasteiger partial charge in [0, 0.05) is 19.0 Å². The van der Waals surface area contributed by atoms with Gasteiger partial charge in [0.15, 0.2) is 0 Å². The monoisotopic (exact) mass is 275 g/mol. The van der Waals surface area contributed by atoms with Crippen molar-refractivity contribution in [2.45, 2.75) is 20.3 Å². The number of para-hydroxylation sites is 1. The summed E-state index contributed by atoms with van der Waals surface area (Å²) in [5.41, 5.74) is 3.00. The summed E-state index contributed by atoms with van der Waals surface area (Å²) in [4.78, 5) is 10.5. The summed E-state index contributed by atoms with van der Waals surface area (Å²) < 4.78 is 14.0. The standard InChI is InChI=1S/C14H18FN5/c1-3-12-17-13(19-16)9-14(18-12)20(4-2)11-8-6-5-7-10(11)15/h5-9H,3-4,16H2,1-2H3,(H,17,18,19). The lowest BCUT2D eigenvalue weighted by Crippen LogP contribution is -2.20. The van der Waals surface area contributed by atoms with E-state index in [1.807, 2.05) is 13.8 Å². The molecule has 1 heterocycles. The summed E-state index contributed by atoms with van der Waals surface area (Å²) in [5.74, 6) is 6.93. The summed E-state index contributed by atoms with van der Waals surface area (Å²) in [6, 6.07) is 8.32. The highest BCUT2D eigenvalue weighted by Gasteiger charge is 2.14. The molecule has 1 aromatic carbocycles. The molecule has 0 aliphatic heterocycles. The van der Waals surface area contributed by atoms with Crippen LogP contribution in [0.1, 0.15) is 19.7 Å². The maximum absolute atomic E-state index is 14.0. The van der Waals surface area contributed by atoms with Gasteiger partial charge in [0.25, 0.3) is 0 Å². The smallest absolute Gasteiger partial charge is 0.146 e. The van der Waals surface area contributed by atoms with Crippen LogP contribution in [0.5, 0.6) is 0 Å². The van der Waals surface area contributed by atoms with Crippen molar-refractivity contribution in [1.82, 2.24) is 9.97 Å². The number of nitrogens with two attached hydrogens (primary N) is 1. The predicted octanol–water partition coefficient (Wildman–Crippen LogP) is 2.62. The number of hydrogen-bond donors (Lipinski definition) is 2. The second-order valence-electron chi connectivity index (χ2n) is 4.22. The number of benzene rings is 1. The van der Waals surface area contributed by atoms with E-state index in [4.69, 9.17) is 5.84 Å². The quantitative estimate of drug-likeness (QED) is 0.648. The zero-order valence-electron chi connectivity index (χ0n) is 11.6. The van der Waals surface area contributed by atoms with E-state index in [9.17, 15) is 4.39 Å². The molecule has 0 aliphatic carbocycles. The van der Waals surface area contributed by atoms with Crippen LogP contribution >= 0.6 is 0 Å². The van der Waals surface area contributed by atoms with Crippen LogP contribution in [0.15, 0.2) is 30.3 Å². The normalized spacial score (nSPS) is 10.4. The Morgan fingerprint density at radius 2 is 2.00 bits per heavy atom. The fourth-order valence-electron chi connectivity index (χ4n) is 1.98. The molecule has 0 unspecified atom stereocenters. The maximum atomic E-state index is 14.0. The van der Waals surface area contributed by atoms with E-state index >= 15 is 0 Å². The number of hydrogen-bond acceptors (Lipinski definition) is 5. The SMILES string of the molecule is CCc1nc(NN)cc(N(CC)c2ccccc2F)n1. The van der Waals surface area contributed by atoms with Crippen LogP contribution in [0, 0.1) is 5.82 Å². The topological polar surface area (TPSA) is 67.1 Å². The van der Waals surface area contributed by atoms with Crippen LogP contribution in [0.4, 0.5) is 21.7 Å². The van der Waals surface area contributed by atoms with Crippen LogP contribution < -0.4 is 16.2 Å². The molecule has 0 saturated heterocycles. The molecule has 0 atom stereocenters. The second-order valence-corrected chi connectivity index (χ2v) is 4.22. The van der Waals surface area contributed by atoms with Crippen molar-refractivity contribution in [3.8, 4) is 0 Å². The number of anilines is 3. The van der Waals surface area contributed by atoms with Crippen molar-refractivity contribution in [2.24, 2.45) is 5.84 Å². The van der Waals surface area contributed by atoms with E-state index in [0.29, 0.717) is 36.1 Å². The van der Waals surface area contributed by atoms with Crippen LogP contribution in [-0.4, -0.2) is 16.5 Å². The molecule has 6 heteroatoms. The molecule has 0 aliphatic rings. The number of halogens is 1. The summed E-state index contributed by atoms with van der Waals surface area (Å²) in [5, 5.41) is 0. The van der Waals surface area contributed by atoms with Crippen LogP contribution in [0.25, 0.3) is 0 Å². The zero-order valence-corrected chi connectivity index (χ0v) is 11.6. The lowest BCUT2D eigenvalue weighted by molar-refractivity contribution is 0.625. The van der Waals surface area contributed by atoms with Gasteiger partial charge < -0.3 is 10.3 Å². The van der Waals surface area contributed by atoms with E-state index in [2.05, 4.69) is 15.4 Å². The molecule has 0 spiro atoms. The van der Waals surface area contributed by atoms with Gasteiger partial charge in [-0.2, -0.15) is 0 Å². The number of rotatable bonds is 5. The minimum atomic E-state index is -0.284. The molecule has 1 aromatic heterocycles. The number of nitrogens with one attached hydrogen (secondary N) is 1. The minimum absolute atomic E-state index is 0.284. The second kappa shape index (κ2) is 6.29. The average Bonchev–Trinajstić information content (AvgIpc) is 2.49. The van der Waals surface area contributed by atoms with Gasteiger partial charge in [-0.25, -0.2) is 20.2 Å². The largest absolute Gasteiger partial charge is 0.324 e. The zero-order chi connectivity index (χ0) is 14.5. The molecule has 2 rings (SSSR count). The Morgan fingerprint density at radius 1 is 1.25 bits per heavy atom. The highest BCUT2D eigenvalue weighted by molar-refractivity contribution is 5.62. The molecule has 0 saturated carbocycles. The molecule has 0 radical (unpaired) electrons. The van der Waals surface area contributed by atoms with Gasteiger partial charge in [-0.1, -0.05) is 19.1 Å². The van der Waals surface area contributed by atoms with Gasteiger partial charge in [0.05, 0.1) is 5.69 Å². The number of hydrazine groups is 1. The third-order valence-corrected chi connectivity index (χ3v) is 2.96. The Balaban J connectivity index is 2.49. The Labute approximate surface area is 117 Å². The molecular formula is C14H18FN5. The minimum Gasteiger partial charge on any atom is -0.324 e. The van der Waals surface area contributed by atoms with E-state index < -0.39 is 0 Å². The molecule has 106 valence electrons. The van der Waals surface area contributed by atoms with Crippen LogP contribution in [0.2, 0.25) is 0 Å². The van der Waals surface area contributed by atoms with Crippen molar-refractivity contribution in [1.29, 1.82) is 0 Å². The number of nitrogens with zero attached hydrogens (tertiary/aromatic N) is 3. The van der Waals surface area contributed by atoms with Gasteiger partial charge in [-0.15, -0.1) is 0 Å². The fraction of sp³-hybridized carbons (Fsp3) is 0.286. The van der Waals surface area contributed by atoms with Crippen molar-refractivity contribution >= 4 is 17.3 Å². The number of aromatic nitrogens is 2. The third-order valence-electron chi connectivity index (χ3n) is 2.96. The Bertz CT molecular complexity index is 565. The summed E-state index contributed by atoms with van der Waals surface area (Å²) in [7, 11) is 0. The summed E-state index contributed by atoms with van der Waals surface area (Å²) in [6.07, 6.45) is 0.678. The van der Waals surface area contributed by atoms with Gasteiger partial charge in [0.2, 0.25) is 0 Å². The predicted molar refractivity (Wildman–Crippen MR) is 78.3 cm³/mol. The van der Waals surface area contributed by atoms with Crippen LogP contribution in [0.3, 0.4) is 0 Å². The molecule has 0 bridgehead atoms. The van der Waals surface area contributed by atoms with Gasteiger partial charge in [-0.3, -0.25) is 0 Å². The van der Waals surface area contributed by atoms with E-state index in [1.54, 1.807) is 29.2 Å². The van der Waals surface area contributed by atoms with Crippen molar-refractivity contribution in [2.75, 3.05) is 16.9 Å².